The Morgan fingerprint density at radius 2 is 1.59 bits per heavy atom. The fourth-order valence-electron chi connectivity index (χ4n) is 3.14. The molecule has 0 aliphatic carbocycles. The molecule has 1 heterocycles. The van der Waals surface area contributed by atoms with E-state index in [2.05, 4.69) is 4.90 Å². The normalized spacial score (nSPS) is 14.3. The van der Waals surface area contributed by atoms with Gasteiger partial charge < -0.3 is 14.9 Å². The molecule has 0 atom stereocenters. The summed E-state index contributed by atoms with van der Waals surface area (Å²) in [5.41, 5.74) is 0.922. The predicted molar refractivity (Wildman–Crippen MR) is 119 cm³/mol. The molecule has 2 N–H and O–H groups in total. The Balaban J connectivity index is 0.00000210. The van der Waals surface area contributed by atoms with Crippen LogP contribution in [0.15, 0.2) is 60.4 Å². The third-order valence-corrected chi connectivity index (χ3v) is 4.63. The number of nitrogens with zero attached hydrogens (tertiary/aromatic N) is 1. The lowest BCUT2D eigenvalue weighted by atomic mass is 10.1. The van der Waals surface area contributed by atoms with Crippen LogP contribution in [0.4, 0.5) is 0 Å². The van der Waals surface area contributed by atoms with Crippen LogP contribution in [0.2, 0.25) is 0 Å². The van der Waals surface area contributed by atoms with Gasteiger partial charge in [0.25, 0.3) is 0 Å². The fraction of sp³-hybridized carbons (Fsp3) is 0.348. The molecular formula is C23H30ClNO4. The van der Waals surface area contributed by atoms with E-state index in [1.807, 2.05) is 54.6 Å². The average Bonchev–Trinajstić information content (AvgIpc) is 2.70. The monoisotopic (exact) mass is 419 g/mol. The van der Waals surface area contributed by atoms with Gasteiger partial charge in [-0.3, -0.25) is 9.69 Å². The molecule has 0 saturated carbocycles. The molecule has 2 aromatic carbocycles. The molecule has 0 aromatic heterocycles. The van der Waals surface area contributed by atoms with E-state index in [4.69, 9.17) is 9.47 Å². The van der Waals surface area contributed by atoms with Crippen LogP contribution in [0.1, 0.15) is 31.7 Å². The SMILES string of the molecule is CC(=O)C(=Cc1ccccc1)Oc1ccccc1OCCN1CCCCC1.Cl.O. The summed E-state index contributed by atoms with van der Waals surface area (Å²) in [5.74, 6) is 1.40. The van der Waals surface area contributed by atoms with Gasteiger partial charge in [0.05, 0.1) is 0 Å². The van der Waals surface area contributed by atoms with Gasteiger partial charge >= 0.3 is 0 Å². The zero-order valence-corrected chi connectivity index (χ0v) is 17.6. The van der Waals surface area contributed by atoms with E-state index in [0.717, 1.165) is 25.2 Å². The minimum Gasteiger partial charge on any atom is -0.488 e. The van der Waals surface area contributed by atoms with Crippen LogP contribution >= 0.6 is 12.4 Å². The first kappa shape index (κ1) is 24.7. The van der Waals surface area contributed by atoms with E-state index in [1.54, 1.807) is 6.08 Å². The molecule has 0 radical (unpaired) electrons. The molecule has 29 heavy (non-hydrogen) atoms. The number of rotatable bonds is 8. The highest BCUT2D eigenvalue weighted by Gasteiger charge is 2.13. The van der Waals surface area contributed by atoms with Crippen LogP contribution in [0.3, 0.4) is 0 Å². The first-order valence-electron chi connectivity index (χ1n) is 9.62. The van der Waals surface area contributed by atoms with E-state index in [1.165, 1.54) is 26.2 Å². The number of Topliss-reactive ketones (excluding diaryl/α,β-unsaturated/α-hetero) is 1. The first-order valence-corrected chi connectivity index (χ1v) is 9.62. The van der Waals surface area contributed by atoms with E-state index in [-0.39, 0.29) is 23.7 Å². The van der Waals surface area contributed by atoms with Crippen molar-refractivity contribution in [1.29, 1.82) is 0 Å². The number of allylic oxidation sites excluding steroid dienone is 1. The number of hydrogen-bond acceptors (Lipinski definition) is 4. The zero-order chi connectivity index (χ0) is 18.9. The van der Waals surface area contributed by atoms with Crippen LogP contribution in [0, 0.1) is 0 Å². The van der Waals surface area contributed by atoms with Crippen LogP contribution in [0.25, 0.3) is 6.08 Å². The van der Waals surface area contributed by atoms with E-state index in [9.17, 15) is 4.79 Å². The van der Waals surface area contributed by atoms with Crippen molar-refractivity contribution in [3.63, 3.8) is 0 Å². The van der Waals surface area contributed by atoms with Gasteiger partial charge in [-0.1, -0.05) is 48.9 Å². The molecule has 0 bridgehead atoms. The van der Waals surface area contributed by atoms with Crippen molar-refractivity contribution in [2.45, 2.75) is 26.2 Å². The van der Waals surface area contributed by atoms with Crippen molar-refractivity contribution in [2.24, 2.45) is 0 Å². The van der Waals surface area contributed by atoms with Crippen molar-refractivity contribution in [2.75, 3.05) is 26.2 Å². The van der Waals surface area contributed by atoms with E-state index in [0.29, 0.717) is 23.9 Å². The summed E-state index contributed by atoms with van der Waals surface area (Å²) in [4.78, 5) is 14.5. The second kappa shape index (κ2) is 13.0. The number of halogens is 1. The van der Waals surface area contributed by atoms with Crippen LogP contribution in [-0.2, 0) is 4.79 Å². The number of benzene rings is 2. The lowest BCUT2D eigenvalue weighted by molar-refractivity contribution is -0.115. The highest BCUT2D eigenvalue weighted by molar-refractivity contribution is 5.96. The van der Waals surface area contributed by atoms with Gasteiger partial charge in [0, 0.05) is 13.5 Å². The lowest BCUT2D eigenvalue weighted by Gasteiger charge is -2.26. The van der Waals surface area contributed by atoms with Crippen LogP contribution < -0.4 is 9.47 Å². The molecule has 0 amide bonds. The maximum absolute atomic E-state index is 12.0. The van der Waals surface area contributed by atoms with Gasteiger partial charge in [-0.15, -0.1) is 12.4 Å². The highest BCUT2D eigenvalue weighted by Crippen LogP contribution is 2.29. The third-order valence-electron chi connectivity index (χ3n) is 4.63. The molecular weight excluding hydrogens is 390 g/mol. The van der Waals surface area contributed by atoms with Crippen LogP contribution in [-0.4, -0.2) is 42.4 Å². The number of ketones is 1. The van der Waals surface area contributed by atoms with Gasteiger partial charge in [-0.2, -0.15) is 0 Å². The molecule has 158 valence electrons. The summed E-state index contributed by atoms with van der Waals surface area (Å²) >= 11 is 0. The molecule has 6 heteroatoms. The van der Waals surface area contributed by atoms with Crippen molar-refractivity contribution in [3.8, 4) is 11.5 Å². The van der Waals surface area contributed by atoms with E-state index >= 15 is 0 Å². The number of carbonyl (C=O) groups is 1. The Kier molecular flexibility index (Phi) is 11.1. The number of ether oxygens (including phenoxy) is 2. The van der Waals surface area contributed by atoms with E-state index < -0.39 is 0 Å². The Labute approximate surface area is 179 Å². The number of piperidine rings is 1. The van der Waals surface area contributed by atoms with Gasteiger partial charge in [0.1, 0.15) is 6.61 Å². The average molecular weight is 420 g/mol. The molecule has 1 saturated heterocycles. The molecule has 0 unspecified atom stereocenters. The summed E-state index contributed by atoms with van der Waals surface area (Å²) in [7, 11) is 0. The maximum atomic E-state index is 12.0. The Morgan fingerprint density at radius 1 is 0.966 bits per heavy atom. The van der Waals surface area contributed by atoms with Gasteiger partial charge in [-0.05, 0) is 49.7 Å². The van der Waals surface area contributed by atoms with Crippen molar-refractivity contribution >= 4 is 24.3 Å². The van der Waals surface area contributed by atoms with Gasteiger partial charge in [0.15, 0.2) is 23.0 Å². The lowest BCUT2D eigenvalue weighted by Crippen LogP contribution is -2.33. The Morgan fingerprint density at radius 3 is 2.24 bits per heavy atom. The smallest absolute Gasteiger partial charge is 0.194 e. The summed E-state index contributed by atoms with van der Waals surface area (Å²) in [5, 5.41) is 0. The fourth-order valence-corrected chi connectivity index (χ4v) is 3.14. The number of para-hydroxylation sites is 2. The summed E-state index contributed by atoms with van der Waals surface area (Å²) in [6.07, 6.45) is 5.63. The van der Waals surface area contributed by atoms with Crippen molar-refractivity contribution in [1.82, 2.24) is 4.90 Å². The van der Waals surface area contributed by atoms with Crippen LogP contribution in [0.5, 0.6) is 11.5 Å². The molecule has 1 aliphatic rings. The summed E-state index contributed by atoms with van der Waals surface area (Å²) in [6, 6.07) is 17.2. The minimum atomic E-state index is -0.123. The largest absolute Gasteiger partial charge is 0.488 e. The summed E-state index contributed by atoms with van der Waals surface area (Å²) in [6.45, 7) is 5.33. The standard InChI is InChI=1S/C23H27NO3.ClH.H2O/c1-19(25)23(18-20-10-4-2-5-11-20)27-22-13-7-6-12-21(22)26-17-16-24-14-8-3-9-15-24;;/h2,4-7,10-13,18H,3,8-9,14-17H2,1H3;1H;1H2. The van der Waals surface area contributed by atoms with Gasteiger partial charge in [-0.25, -0.2) is 0 Å². The quantitative estimate of drug-likeness (QED) is 0.476. The molecule has 1 fully saturated rings. The zero-order valence-electron chi connectivity index (χ0n) is 16.8. The summed E-state index contributed by atoms with van der Waals surface area (Å²) < 4.78 is 11.9. The Bertz CT molecular complexity index is 773. The second-order valence-corrected chi connectivity index (χ2v) is 6.78. The number of likely N-dealkylation sites (tertiary alicyclic amines) is 1. The Hall–Kier alpha value is -2.34. The molecule has 1 aliphatic heterocycles. The number of hydrogen-bond donors (Lipinski definition) is 0. The molecule has 3 rings (SSSR count). The third kappa shape index (κ3) is 7.89. The molecule has 5 nitrogen and oxygen atoms in total. The highest BCUT2D eigenvalue weighted by atomic mass is 35.5. The minimum absolute atomic E-state index is 0. The van der Waals surface area contributed by atoms with Crippen molar-refractivity contribution in [3.05, 3.63) is 65.9 Å². The van der Waals surface area contributed by atoms with Gasteiger partial charge in [0.2, 0.25) is 0 Å². The molecule has 0 spiro atoms. The molecule has 2 aromatic rings. The topological polar surface area (TPSA) is 70.3 Å². The first-order chi connectivity index (χ1) is 13.2. The number of carbonyl (C=O) groups excluding carboxylic acids is 1. The predicted octanol–water partition coefficient (Wildman–Crippen LogP) is 4.16. The second-order valence-electron chi connectivity index (χ2n) is 6.78. The maximum Gasteiger partial charge on any atom is 0.194 e. The van der Waals surface area contributed by atoms with Crippen molar-refractivity contribution < 1.29 is 19.7 Å².